The van der Waals surface area contributed by atoms with E-state index in [1.165, 1.54) is 0 Å². The van der Waals surface area contributed by atoms with Crippen molar-refractivity contribution in [2.75, 3.05) is 0 Å². The van der Waals surface area contributed by atoms with Crippen molar-refractivity contribution in [2.45, 2.75) is 24.6 Å². The monoisotopic (exact) mass is 205 g/mol. The second-order valence-electron chi connectivity index (χ2n) is 3.96. The van der Waals surface area contributed by atoms with E-state index in [9.17, 15) is 4.79 Å². The molecule has 1 aromatic rings. The number of carboxylic acid groups (broad SMARTS) is 1. The average molecular weight is 205 g/mol. The number of hydrogen-bond donors (Lipinski definition) is 2. The number of carboxylic acids is 1. The van der Waals surface area contributed by atoms with Crippen molar-refractivity contribution in [3.8, 4) is 5.75 Å². The zero-order chi connectivity index (χ0) is 10.4. The summed E-state index contributed by atoms with van der Waals surface area (Å²) >= 11 is 0. The minimum atomic E-state index is -0.800. The Hall–Kier alpha value is -1.55. The number of carbonyl (C=O) groups is 1. The minimum Gasteiger partial charge on any atom is -0.488 e. The maximum atomic E-state index is 10.8. The molecule has 4 nitrogen and oxygen atoms in total. The predicted molar refractivity (Wildman–Crippen MR) is 52.8 cm³/mol. The maximum Gasteiger partial charge on any atom is 0.320 e. The lowest BCUT2D eigenvalue weighted by molar-refractivity contribution is -0.139. The van der Waals surface area contributed by atoms with Gasteiger partial charge in [0.15, 0.2) is 0 Å². The van der Waals surface area contributed by atoms with Crippen molar-refractivity contribution in [1.29, 1.82) is 0 Å². The first-order chi connectivity index (χ1) is 7.25. The third kappa shape index (κ3) is 1.22. The summed E-state index contributed by atoms with van der Waals surface area (Å²) in [4.78, 5) is 10.8. The van der Waals surface area contributed by atoms with Crippen LogP contribution < -0.4 is 10.1 Å². The molecule has 2 heterocycles. The number of aliphatic carboxylic acids is 1. The Morgan fingerprint density at radius 2 is 2.27 bits per heavy atom. The zero-order valence-corrected chi connectivity index (χ0v) is 8.01. The van der Waals surface area contributed by atoms with Crippen LogP contribution in [0.4, 0.5) is 0 Å². The summed E-state index contributed by atoms with van der Waals surface area (Å²) in [6, 6.07) is 7.34. The number of ether oxygens (including phenoxy) is 1. The Morgan fingerprint density at radius 1 is 1.47 bits per heavy atom. The second kappa shape index (κ2) is 2.97. The first-order valence-electron chi connectivity index (χ1n) is 5.00. The Bertz CT molecular complexity index is 418. The number of hydrogen-bond acceptors (Lipinski definition) is 3. The summed E-state index contributed by atoms with van der Waals surface area (Å²) in [7, 11) is 0. The molecule has 0 radical (unpaired) electrons. The number of benzene rings is 1. The summed E-state index contributed by atoms with van der Waals surface area (Å²) in [6.45, 7) is 0. The normalized spacial score (nSPS) is 31.9. The fourth-order valence-electron chi connectivity index (χ4n) is 2.35. The summed E-state index contributed by atoms with van der Waals surface area (Å²) in [6.07, 6.45) is 0.512. The molecule has 4 heteroatoms. The van der Waals surface area contributed by atoms with Gasteiger partial charge in [-0.15, -0.1) is 0 Å². The van der Waals surface area contributed by atoms with Gasteiger partial charge in [-0.05, 0) is 6.07 Å². The number of fused-ring (bicyclic) bond motifs is 3. The SMILES string of the molecule is O=C(O)C1CC2Oc3ccccc3C2N1. The van der Waals surface area contributed by atoms with Gasteiger partial charge in [0.1, 0.15) is 17.9 Å². The standard InChI is InChI=1S/C11H11NO3/c13-11(14)7-5-9-10(12-7)6-3-1-2-4-8(6)15-9/h1-4,7,9-10,12H,5H2,(H,13,14). The molecular weight excluding hydrogens is 194 g/mol. The molecule has 3 rings (SSSR count). The highest BCUT2D eigenvalue weighted by Crippen LogP contribution is 2.41. The van der Waals surface area contributed by atoms with Gasteiger partial charge >= 0.3 is 5.97 Å². The highest BCUT2D eigenvalue weighted by molar-refractivity contribution is 5.74. The van der Waals surface area contributed by atoms with Gasteiger partial charge in [0.2, 0.25) is 0 Å². The molecule has 0 spiro atoms. The molecule has 0 bridgehead atoms. The van der Waals surface area contributed by atoms with Crippen LogP contribution in [0.3, 0.4) is 0 Å². The van der Waals surface area contributed by atoms with E-state index in [1.807, 2.05) is 24.3 Å². The van der Waals surface area contributed by atoms with E-state index in [4.69, 9.17) is 9.84 Å². The number of para-hydroxylation sites is 1. The summed E-state index contributed by atoms with van der Waals surface area (Å²) in [5, 5.41) is 12.0. The molecule has 0 amide bonds. The molecular formula is C11H11NO3. The van der Waals surface area contributed by atoms with Crippen LogP contribution in [0.25, 0.3) is 0 Å². The van der Waals surface area contributed by atoms with Crippen molar-refractivity contribution in [3.05, 3.63) is 29.8 Å². The number of nitrogens with one attached hydrogen (secondary N) is 1. The molecule has 2 aliphatic heterocycles. The van der Waals surface area contributed by atoms with Gasteiger partial charge in [-0.25, -0.2) is 0 Å². The summed E-state index contributed by atoms with van der Waals surface area (Å²) in [5.74, 6) is 0.0781. The first-order valence-corrected chi connectivity index (χ1v) is 5.00. The smallest absolute Gasteiger partial charge is 0.320 e. The van der Waals surface area contributed by atoms with Gasteiger partial charge in [-0.2, -0.15) is 0 Å². The first kappa shape index (κ1) is 8.73. The molecule has 1 fully saturated rings. The van der Waals surface area contributed by atoms with Crippen molar-refractivity contribution in [2.24, 2.45) is 0 Å². The Morgan fingerprint density at radius 3 is 3.07 bits per heavy atom. The van der Waals surface area contributed by atoms with Crippen LogP contribution in [-0.2, 0) is 4.79 Å². The van der Waals surface area contributed by atoms with Crippen LogP contribution in [0.1, 0.15) is 18.0 Å². The molecule has 15 heavy (non-hydrogen) atoms. The van der Waals surface area contributed by atoms with Crippen LogP contribution >= 0.6 is 0 Å². The minimum absolute atomic E-state index is 0.0245. The fraction of sp³-hybridized carbons (Fsp3) is 0.364. The molecule has 2 aliphatic rings. The molecule has 2 N–H and O–H groups in total. The van der Waals surface area contributed by atoms with Gasteiger partial charge in [0, 0.05) is 12.0 Å². The molecule has 0 aliphatic carbocycles. The van der Waals surface area contributed by atoms with Crippen LogP contribution in [-0.4, -0.2) is 23.2 Å². The Balaban J connectivity index is 1.91. The van der Waals surface area contributed by atoms with Crippen molar-refractivity contribution < 1.29 is 14.6 Å². The topological polar surface area (TPSA) is 58.6 Å². The van der Waals surface area contributed by atoms with E-state index < -0.39 is 12.0 Å². The van der Waals surface area contributed by atoms with Crippen molar-refractivity contribution in [3.63, 3.8) is 0 Å². The largest absolute Gasteiger partial charge is 0.488 e. The van der Waals surface area contributed by atoms with Gasteiger partial charge < -0.3 is 9.84 Å². The molecule has 3 unspecified atom stereocenters. The van der Waals surface area contributed by atoms with E-state index >= 15 is 0 Å². The van der Waals surface area contributed by atoms with Crippen molar-refractivity contribution in [1.82, 2.24) is 5.32 Å². The lowest BCUT2D eigenvalue weighted by atomic mass is 10.1. The van der Waals surface area contributed by atoms with Crippen LogP contribution in [0.5, 0.6) is 5.75 Å². The third-order valence-electron chi connectivity index (χ3n) is 3.05. The third-order valence-corrected chi connectivity index (χ3v) is 3.05. The van der Waals surface area contributed by atoms with Gasteiger partial charge in [-0.3, -0.25) is 10.1 Å². The molecule has 1 saturated heterocycles. The van der Waals surface area contributed by atoms with Gasteiger partial charge in [-0.1, -0.05) is 18.2 Å². The summed E-state index contributed by atoms with van der Waals surface area (Å²) in [5.41, 5.74) is 1.08. The van der Waals surface area contributed by atoms with Crippen molar-refractivity contribution >= 4 is 5.97 Å². The average Bonchev–Trinajstić information content (AvgIpc) is 2.73. The molecule has 1 aromatic carbocycles. The van der Waals surface area contributed by atoms with E-state index in [1.54, 1.807) is 0 Å². The van der Waals surface area contributed by atoms with Crippen LogP contribution in [0, 0.1) is 0 Å². The van der Waals surface area contributed by atoms with E-state index in [2.05, 4.69) is 5.32 Å². The van der Waals surface area contributed by atoms with Crippen LogP contribution in [0.15, 0.2) is 24.3 Å². The van der Waals surface area contributed by atoms with E-state index in [-0.39, 0.29) is 12.1 Å². The predicted octanol–water partition coefficient (Wildman–Crippen LogP) is 0.935. The Labute approximate surface area is 86.9 Å². The highest BCUT2D eigenvalue weighted by atomic mass is 16.5. The van der Waals surface area contributed by atoms with E-state index in [0.29, 0.717) is 6.42 Å². The quantitative estimate of drug-likeness (QED) is 0.716. The lowest BCUT2D eigenvalue weighted by Crippen LogP contribution is -2.31. The van der Waals surface area contributed by atoms with E-state index in [0.717, 1.165) is 11.3 Å². The summed E-state index contributed by atoms with van der Waals surface area (Å²) < 4.78 is 5.69. The molecule has 3 atom stereocenters. The molecule has 0 aromatic heterocycles. The number of rotatable bonds is 1. The Kier molecular flexibility index (Phi) is 1.73. The fourth-order valence-corrected chi connectivity index (χ4v) is 2.35. The lowest BCUT2D eigenvalue weighted by Gasteiger charge is -2.08. The second-order valence-corrected chi connectivity index (χ2v) is 3.96. The highest BCUT2D eigenvalue weighted by Gasteiger charge is 2.44. The van der Waals surface area contributed by atoms with Gasteiger partial charge in [0.05, 0.1) is 6.04 Å². The maximum absolute atomic E-state index is 10.8. The zero-order valence-electron chi connectivity index (χ0n) is 8.01. The molecule has 78 valence electrons. The van der Waals surface area contributed by atoms with Gasteiger partial charge in [0.25, 0.3) is 0 Å². The van der Waals surface area contributed by atoms with Crippen LogP contribution in [0.2, 0.25) is 0 Å². The molecule has 0 saturated carbocycles.